The summed E-state index contributed by atoms with van der Waals surface area (Å²) in [4.78, 5) is 2.55. The lowest BCUT2D eigenvalue weighted by Gasteiger charge is -2.34. The first kappa shape index (κ1) is 7.60. The highest BCUT2D eigenvalue weighted by Crippen LogP contribution is 2.53. The smallest absolute Gasteiger partial charge is 0.0172 e. The fraction of sp³-hybridized carbons (Fsp3) is 1.00. The molecule has 1 saturated carbocycles. The van der Waals surface area contributed by atoms with Crippen LogP contribution in [0.4, 0.5) is 0 Å². The average molecular weight is 153 g/mol. The molecule has 0 aromatic carbocycles. The van der Waals surface area contributed by atoms with Gasteiger partial charge in [0, 0.05) is 12.6 Å². The number of nitrogens with zero attached hydrogens (tertiary/aromatic N) is 1. The van der Waals surface area contributed by atoms with Crippen molar-refractivity contribution in [1.29, 1.82) is 0 Å². The van der Waals surface area contributed by atoms with Crippen molar-refractivity contribution < 1.29 is 0 Å². The second-order valence-electron chi connectivity index (χ2n) is 5.41. The van der Waals surface area contributed by atoms with E-state index in [0.29, 0.717) is 5.41 Å². The van der Waals surface area contributed by atoms with E-state index in [2.05, 4.69) is 32.7 Å². The van der Waals surface area contributed by atoms with Crippen LogP contribution in [0.3, 0.4) is 0 Å². The van der Waals surface area contributed by atoms with Crippen molar-refractivity contribution in [2.45, 2.75) is 33.2 Å². The molecule has 1 heterocycles. The number of fused-ring (bicyclic) bond motifs is 1. The van der Waals surface area contributed by atoms with Crippen molar-refractivity contribution in [1.82, 2.24) is 4.90 Å². The minimum Gasteiger partial charge on any atom is -0.302 e. The van der Waals surface area contributed by atoms with Gasteiger partial charge in [-0.15, -0.1) is 0 Å². The third-order valence-corrected chi connectivity index (χ3v) is 3.27. The Kier molecular flexibility index (Phi) is 1.39. The molecular formula is C10H19N. The summed E-state index contributed by atoms with van der Waals surface area (Å²) in [6.07, 6.45) is 1.51. The molecule has 0 amide bonds. The first-order chi connectivity index (χ1) is 5.00. The summed E-state index contributed by atoms with van der Waals surface area (Å²) in [5, 5.41) is 0. The summed E-state index contributed by atoms with van der Waals surface area (Å²) < 4.78 is 0. The predicted molar refractivity (Wildman–Crippen MR) is 47.5 cm³/mol. The number of likely N-dealkylation sites (tertiary alicyclic amines) is 1. The van der Waals surface area contributed by atoms with Gasteiger partial charge in [-0.25, -0.2) is 0 Å². The SMILES string of the molecule is CN1CC2CC2[C@H]1C(C)(C)C. The van der Waals surface area contributed by atoms with E-state index in [1.165, 1.54) is 13.0 Å². The van der Waals surface area contributed by atoms with Gasteiger partial charge in [0.2, 0.25) is 0 Å². The Morgan fingerprint density at radius 2 is 1.91 bits per heavy atom. The Labute approximate surface area is 69.8 Å². The Hall–Kier alpha value is -0.0400. The monoisotopic (exact) mass is 153 g/mol. The molecule has 0 aromatic rings. The molecule has 2 rings (SSSR count). The number of hydrogen-bond donors (Lipinski definition) is 0. The van der Waals surface area contributed by atoms with Gasteiger partial charge in [0.25, 0.3) is 0 Å². The lowest BCUT2D eigenvalue weighted by molar-refractivity contribution is 0.141. The Morgan fingerprint density at radius 1 is 1.27 bits per heavy atom. The number of rotatable bonds is 0. The lowest BCUT2D eigenvalue weighted by Crippen LogP contribution is -2.39. The van der Waals surface area contributed by atoms with Crippen LogP contribution < -0.4 is 0 Å². The Balaban J connectivity index is 2.12. The molecule has 1 saturated heterocycles. The molecule has 2 unspecified atom stereocenters. The highest BCUT2D eigenvalue weighted by Gasteiger charge is 2.54. The molecule has 0 aromatic heterocycles. The van der Waals surface area contributed by atoms with Crippen molar-refractivity contribution in [2.75, 3.05) is 13.6 Å². The molecular weight excluding hydrogens is 134 g/mol. The number of hydrogen-bond acceptors (Lipinski definition) is 1. The van der Waals surface area contributed by atoms with Crippen molar-refractivity contribution in [3.05, 3.63) is 0 Å². The first-order valence-corrected chi connectivity index (χ1v) is 4.70. The molecule has 0 N–H and O–H groups in total. The Bertz CT molecular complexity index is 166. The molecule has 0 radical (unpaired) electrons. The quantitative estimate of drug-likeness (QED) is 0.514. The van der Waals surface area contributed by atoms with E-state index < -0.39 is 0 Å². The van der Waals surface area contributed by atoms with Gasteiger partial charge < -0.3 is 4.90 Å². The van der Waals surface area contributed by atoms with Gasteiger partial charge in [-0.05, 0) is 30.7 Å². The molecule has 2 aliphatic rings. The molecule has 0 bridgehead atoms. The van der Waals surface area contributed by atoms with Crippen LogP contribution in [0.25, 0.3) is 0 Å². The molecule has 1 aliphatic carbocycles. The summed E-state index contributed by atoms with van der Waals surface area (Å²) >= 11 is 0. The minimum absolute atomic E-state index is 0.491. The van der Waals surface area contributed by atoms with Crippen molar-refractivity contribution in [2.24, 2.45) is 17.3 Å². The average Bonchev–Trinajstić information content (AvgIpc) is 2.38. The van der Waals surface area contributed by atoms with Gasteiger partial charge in [0.05, 0.1) is 0 Å². The third kappa shape index (κ3) is 1.10. The van der Waals surface area contributed by atoms with Gasteiger partial charge in [-0.2, -0.15) is 0 Å². The molecule has 1 aliphatic heterocycles. The van der Waals surface area contributed by atoms with E-state index in [1.54, 1.807) is 0 Å². The van der Waals surface area contributed by atoms with Crippen LogP contribution in [0, 0.1) is 17.3 Å². The van der Waals surface area contributed by atoms with Gasteiger partial charge >= 0.3 is 0 Å². The molecule has 2 fully saturated rings. The van der Waals surface area contributed by atoms with E-state index in [0.717, 1.165) is 17.9 Å². The predicted octanol–water partition coefficient (Wildman–Crippen LogP) is 1.98. The van der Waals surface area contributed by atoms with Crippen molar-refractivity contribution in [3.63, 3.8) is 0 Å². The van der Waals surface area contributed by atoms with E-state index in [-0.39, 0.29) is 0 Å². The molecule has 11 heavy (non-hydrogen) atoms. The molecule has 1 heteroatoms. The van der Waals surface area contributed by atoms with Gasteiger partial charge in [0.1, 0.15) is 0 Å². The highest BCUT2D eigenvalue weighted by atomic mass is 15.2. The largest absolute Gasteiger partial charge is 0.302 e. The van der Waals surface area contributed by atoms with Crippen molar-refractivity contribution in [3.8, 4) is 0 Å². The maximum Gasteiger partial charge on any atom is 0.0172 e. The van der Waals surface area contributed by atoms with Crippen LogP contribution in [0.2, 0.25) is 0 Å². The minimum atomic E-state index is 0.491. The molecule has 3 atom stereocenters. The standard InChI is InChI=1S/C10H19N/c1-10(2,3)9-8-5-7(8)6-11(9)4/h7-9H,5-6H2,1-4H3/t7?,8?,9-/m0/s1. The highest BCUT2D eigenvalue weighted by molar-refractivity contribution is 5.06. The maximum atomic E-state index is 2.55. The zero-order valence-electron chi connectivity index (χ0n) is 8.09. The molecule has 0 spiro atoms. The van der Waals surface area contributed by atoms with E-state index >= 15 is 0 Å². The van der Waals surface area contributed by atoms with Crippen LogP contribution in [0.5, 0.6) is 0 Å². The van der Waals surface area contributed by atoms with Crippen LogP contribution >= 0.6 is 0 Å². The summed E-state index contributed by atoms with van der Waals surface area (Å²) in [7, 11) is 2.28. The molecule has 64 valence electrons. The van der Waals surface area contributed by atoms with Crippen LogP contribution in [0.1, 0.15) is 27.2 Å². The fourth-order valence-corrected chi connectivity index (χ4v) is 2.98. The van der Waals surface area contributed by atoms with Crippen LogP contribution in [-0.4, -0.2) is 24.5 Å². The Morgan fingerprint density at radius 3 is 2.18 bits per heavy atom. The van der Waals surface area contributed by atoms with Crippen LogP contribution in [-0.2, 0) is 0 Å². The zero-order chi connectivity index (χ0) is 8.22. The lowest BCUT2D eigenvalue weighted by atomic mass is 9.84. The fourth-order valence-electron chi connectivity index (χ4n) is 2.98. The third-order valence-electron chi connectivity index (χ3n) is 3.27. The van der Waals surface area contributed by atoms with Gasteiger partial charge in [-0.1, -0.05) is 20.8 Å². The van der Waals surface area contributed by atoms with E-state index in [1.807, 2.05) is 0 Å². The van der Waals surface area contributed by atoms with E-state index in [4.69, 9.17) is 0 Å². The second kappa shape index (κ2) is 2.01. The van der Waals surface area contributed by atoms with E-state index in [9.17, 15) is 0 Å². The summed E-state index contributed by atoms with van der Waals surface area (Å²) in [6.45, 7) is 8.46. The van der Waals surface area contributed by atoms with Crippen LogP contribution in [0.15, 0.2) is 0 Å². The normalized spacial score (nSPS) is 44.2. The first-order valence-electron chi connectivity index (χ1n) is 4.70. The zero-order valence-corrected chi connectivity index (χ0v) is 8.09. The topological polar surface area (TPSA) is 3.24 Å². The number of piperidine rings is 1. The summed E-state index contributed by atoms with van der Waals surface area (Å²) in [5.74, 6) is 2.10. The summed E-state index contributed by atoms with van der Waals surface area (Å²) in [6, 6.07) is 0.854. The van der Waals surface area contributed by atoms with Gasteiger partial charge in [0.15, 0.2) is 0 Å². The van der Waals surface area contributed by atoms with Gasteiger partial charge in [-0.3, -0.25) is 0 Å². The molecule has 1 nitrogen and oxygen atoms in total. The maximum absolute atomic E-state index is 2.55. The van der Waals surface area contributed by atoms with Crippen molar-refractivity contribution >= 4 is 0 Å². The summed E-state index contributed by atoms with van der Waals surface area (Å²) in [5.41, 5.74) is 0.491. The second-order valence-corrected chi connectivity index (χ2v) is 5.41.